The zero-order valence-electron chi connectivity index (χ0n) is 21.2. The van der Waals surface area contributed by atoms with Crippen molar-refractivity contribution in [1.29, 1.82) is 0 Å². The van der Waals surface area contributed by atoms with Crippen LogP contribution in [0.1, 0.15) is 56.2 Å². The van der Waals surface area contributed by atoms with Gasteiger partial charge in [0.2, 0.25) is 0 Å². The summed E-state index contributed by atoms with van der Waals surface area (Å²) in [5.41, 5.74) is 1.80. The van der Waals surface area contributed by atoms with Crippen LogP contribution in [0.5, 0.6) is 11.5 Å². The number of ether oxygens (including phenoxy) is 2. The first kappa shape index (κ1) is 25.1. The Bertz CT molecular complexity index is 1300. The van der Waals surface area contributed by atoms with Crippen molar-refractivity contribution in [2.75, 3.05) is 13.7 Å². The van der Waals surface area contributed by atoms with E-state index in [-0.39, 0.29) is 23.3 Å². The van der Waals surface area contributed by atoms with Gasteiger partial charge in [-0.3, -0.25) is 9.59 Å². The molecule has 1 aliphatic rings. The van der Waals surface area contributed by atoms with Crippen LogP contribution in [0.25, 0.3) is 5.76 Å². The normalized spacial score (nSPS) is 17.5. The lowest BCUT2D eigenvalue weighted by Gasteiger charge is -2.25. The molecule has 0 saturated carbocycles. The standard InChI is InChI=1S/C29H31NO6/c1-6-35-22-13-12-19(16-21(22)29(2,3)4)26(31)24-25(23-11-8-14-36-23)30(28(33)27(24)32)17-18-9-7-10-20(15-18)34-5/h7-16,25,31H,6,17H2,1-5H3/b26-24-. The van der Waals surface area contributed by atoms with Crippen LogP contribution in [0, 0.1) is 0 Å². The van der Waals surface area contributed by atoms with Crippen molar-refractivity contribution in [3.63, 3.8) is 0 Å². The smallest absolute Gasteiger partial charge is 0.296 e. The lowest BCUT2D eigenvalue weighted by Crippen LogP contribution is -2.29. The van der Waals surface area contributed by atoms with Gasteiger partial charge in [0.05, 0.1) is 25.6 Å². The van der Waals surface area contributed by atoms with E-state index >= 15 is 0 Å². The van der Waals surface area contributed by atoms with E-state index in [4.69, 9.17) is 13.9 Å². The summed E-state index contributed by atoms with van der Waals surface area (Å²) in [6, 6.07) is 15.1. The van der Waals surface area contributed by atoms with Crippen LogP contribution in [0.3, 0.4) is 0 Å². The summed E-state index contributed by atoms with van der Waals surface area (Å²) in [4.78, 5) is 27.9. The number of benzene rings is 2. The number of ketones is 1. The van der Waals surface area contributed by atoms with Crippen molar-refractivity contribution in [3.8, 4) is 11.5 Å². The number of hydrogen-bond donors (Lipinski definition) is 1. The number of Topliss-reactive ketones (excluding diaryl/α,β-unsaturated/α-hetero) is 1. The van der Waals surface area contributed by atoms with Gasteiger partial charge in [-0.15, -0.1) is 0 Å². The average Bonchev–Trinajstić information content (AvgIpc) is 3.46. The first-order valence-electron chi connectivity index (χ1n) is 11.9. The number of carbonyl (C=O) groups is 2. The number of methoxy groups -OCH3 is 1. The molecule has 188 valence electrons. The summed E-state index contributed by atoms with van der Waals surface area (Å²) in [5.74, 6) is 0.0214. The zero-order chi connectivity index (χ0) is 26.0. The average molecular weight is 490 g/mol. The third-order valence-corrected chi connectivity index (χ3v) is 6.20. The van der Waals surface area contributed by atoms with Gasteiger partial charge in [0.1, 0.15) is 29.1 Å². The number of aliphatic hydroxyl groups excluding tert-OH is 1. The molecule has 0 radical (unpaired) electrons. The predicted molar refractivity (Wildman–Crippen MR) is 136 cm³/mol. The highest BCUT2D eigenvalue weighted by molar-refractivity contribution is 6.46. The lowest BCUT2D eigenvalue weighted by molar-refractivity contribution is -0.140. The van der Waals surface area contributed by atoms with Gasteiger partial charge in [-0.05, 0) is 60.4 Å². The summed E-state index contributed by atoms with van der Waals surface area (Å²) in [6.07, 6.45) is 1.48. The maximum Gasteiger partial charge on any atom is 0.296 e. The second-order valence-electron chi connectivity index (χ2n) is 9.69. The molecule has 1 unspecified atom stereocenters. The quantitative estimate of drug-likeness (QED) is 0.264. The van der Waals surface area contributed by atoms with E-state index in [1.807, 2.05) is 45.9 Å². The number of aliphatic hydroxyl groups is 1. The largest absolute Gasteiger partial charge is 0.507 e. The minimum absolute atomic E-state index is 0.0122. The Morgan fingerprint density at radius 1 is 1.08 bits per heavy atom. The number of nitrogens with zero attached hydrogens (tertiary/aromatic N) is 1. The Morgan fingerprint density at radius 3 is 2.50 bits per heavy atom. The molecule has 1 atom stereocenters. The van der Waals surface area contributed by atoms with E-state index in [0.717, 1.165) is 11.1 Å². The van der Waals surface area contributed by atoms with Gasteiger partial charge < -0.3 is 23.9 Å². The van der Waals surface area contributed by atoms with Gasteiger partial charge in [0, 0.05) is 17.7 Å². The van der Waals surface area contributed by atoms with Crippen molar-refractivity contribution < 1.29 is 28.6 Å². The lowest BCUT2D eigenvalue weighted by atomic mass is 9.84. The summed E-state index contributed by atoms with van der Waals surface area (Å²) < 4.78 is 16.7. The monoisotopic (exact) mass is 489 g/mol. The fourth-order valence-electron chi connectivity index (χ4n) is 4.45. The van der Waals surface area contributed by atoms with Crippen molar-refractivity contribution in [2.45, 2.75) is 45.7 Å². The molecule has 7 nitrogen and oxygen atoms in total. The molecule has 3 aromatic rings. The Hall–Kier alpha value is -4.00. The summed E-state index contributed by atoms with van der Waals surface area (Å²) in [6.45, 7) is 8.69. The Balaban J connectivity index is 1.83. The molecule has 0 spiro atoms. The Labute approximate surface area is 210 Å². The number of rotatable bonds is 7. The molecule has 4 rings (SSSR count). The molecule has 7 heteroatoms. The van der Waals surface area contributed by atoms with Crippen LogP contribution >= 0.6 is 0 Å². The van der Waals surface area contributed by atoms with Crippen molar-refractivity contribution in [1.82, 2.24) is 4.90 Å². The van der Waals surface area contributed by atoms with Gasteiger partial charge >= 0.3 is 0 Å². The number of carbonyl (C=O) groups excluding carboxylic acids is 2. The molecule has 1 N–H and O–H groups in total. The minimum atomic E-state index is -0.879. The molecule has 1 amide bonds. The summed E-state index contributed by atoms with van der Waals surface area (Å²) in [5, 5.41) is 11.4. The Morgan fingerprint density at radius 2 is 1.86 bits per heavy atom. The van der Waals surface area contributed by atoms with E-state index in [1.165, 1.54) is 11.2 Å². The molecule has 2 heterocycles. The zero-order valence-corrected chi connectivity index (χ0v) is 21.2. The number of hydrogen-bond acceptors (Lipinski definition) is 6. The van der Waals surface area contributed by atoms with E-state index in [2.05, 4.69) is 0 Å². The molecule has 0 bridgehead atoms. The van der Waals surface area contributed by atoms with Crippen LogP contribution in [-0.4, -0.2) is 35.4 Å². The molecular formula is C29H31NO6. The topological polar surface area (TPSA) is 89.2 Å². The first-order chi connectivity index (χ1) is 17.2. The van der Waals surface area contributed by atoms with Gasteiger partial charge in [-0.1, -0.05) is 32.9 Å². The minimum Gasteiger partial charge on any atom is -0.507 e. The second kappa shape index (κ2) is 9.93. The van der Waals surface area contributed by atoms with Crippen LogP contribution in [0.4, 0.5) is 0 Å². The molecule has 1 aromatic heterocycles. The number of amides is 1. The van der Waals surface area contributed by atoms with E-state index < -0.39 is 17.7 Å². The fraction of sp³-hybridized carbons (Fsp3) is 0.310. The van der Waals surface area contributed by atoms with Crippen LogP contribution in [-0.2, 0) is 21.5 Å². The fourth-order valence-corrected chi connectivity index (χ4v) is 4.45. The summed E-state index contributed by atoms with van der Waals surface area (Å²) in [7, 11) is 1.57. The van der Waals surface area contributed by atoms with Crippen LogP contribution < -0.4 is 9.47 Å². The van der Waals surface area contributed by atoms with Crippen molar-refractivity contribution >= 4 is 17.4 Å². The van der Waals surface area contributed by atoms with Gasteiger partial charge in [0.15, 0.2) is 0 Å². The molecular weight excluding hydrogens is 458 g/mol. The molecule has 2 aromatic carbocycles. The first-order valence-corrected chi connectivity index (χ1v) is 11.9. The maximum atomic E-state index is 13.3. The highest BCUT2D eigenvalue weighted by atomic mass is 16.5. The van der Waals surface area contributed by atoms with E-state index in [0.29, 0.717) is 29.4 Å². The van der Waals surface area contributed by atoms with Crippen LogP contribution in [0.2, 0.25) is 0 Å². The molecule has 1 aliphatic heterocycles. The molecule has 36 heavy (non-hydrogen) atoms. The number of furan rings is 1. The summed E-state index contributed by atoms with van der Waals surface area (Å²) >= 11 is 0. The molecule has 1 fully saturated rings. The molecule has 0 aliphatic carbocycles. The van der Waals surface area contributed by atoms with E-state index in [1.54, 1.807) is 43.5 Å². The Kier molecular flexibility index (Phi) is 6.93. The van der Waals surface area contributed by atoms with Crippen LogP contribution in [0.15, 0.2) is 70.9 Å². The third kappa shape index (κ3) is 4.73. The highest BCUT2D eigenvalue weighted by Crippen LogP contribution is 2.42. The van der Waals surface area contributed by atoms with Gasteiger partial charge in [-0.25, -0.2) is 0 Å². The highest BCUT2D eigenvalue weighted by Gasteiger charge is 2.47. The molecule has 1 saturated heterocycles. The van der Waals surface area contributed by atoms with Gasteiger partial charge in [-0.2, -0.15) is 0 Å². The van der Waals surface area contributed by atoms with Crippen molar-refractivity contribution in [2.24, 2.45) is 0 Å². The second-order valence-corrected chi connectivity index (χ2v) is 9.69. The maximum absolute atomic E-state index is 13.3. The van der Waals surface area contributed by atoms with E-state index in [9.17, 15) is 14.7 Å². The third-order valence-electron chi connectivity index (χ3n) is 6.20. The predicted octanol–water partition coefficient (Wildman–Crippen LogP) is 5.61. The van der Waals surface area contributed by atoms with Crippen molar-refractivity contribution in [3.05, 3.63) is 88.9 Å². The number of likely N-dealkylation sites (tertiary alicyclic amines) is 1. The van der Waals surface area contributed by atoms with Gasteiger partial charge in [0.25, 0.3) is 11.7 Å². The SMILES string of the molecule is CCOc1ccc(/C(O)=C2/C(=O)C(=O)N(Cc3cccc(OC)c3)C2c2ccco2)cc1C(C)(C)C.